The molecule has 0 aromatic heterocycles. The fourth-order valence-electron chi connectivity index (χ4n) is 2.14. The van der Waals surface area contributed by atoms with Gasteiger partial charge in [0, 0.05) is 19.8 Å². The van der Waals surface area contributed by atoms with Crippen molar-refractivity contribution in [3.63, 3.8) is 0 Å². The molecule has 0 saturated heterocycles. The molecule has 1 saturated carbocycles. The predicted octanol–water partition coefficient (Wildman–Crippen LogP) is 4.11. The molecule has 1 aliphatic carbocycles. The lowest BCUT2D eigenvalue weighted by Crippen LogP contribution is -2.37. The first-order valence-corrected chi connectivity index (χ1v) is 9.92. The van der Waals surface area contributed by atoms with Crippen LogP contribution in [0.2, 0.25) is 0 Å². The molecule has 1 fully saturated rings. The van der Waals surface area contributed by atoms with E-state index in [0.717, 1.165) is 29.3 Å². The lowest BCUT2D eigenvalue weighted by atomic mass is 10.2. The van der Waals surface area contributed by atoms with Gasteiger partial charge in [-0.15, -0.1) is 0 Å². The van der Waals surface area contributed by atoms with Crippen LogP contribution in [0.4, 0.5) is 0 Å². The van der Waals surface area contributed by atoms with Crippen molar-refractivity contribution in [2.75, 3.05) is 0 Å². The van der Waals surface area contributed by atoms with Gasteiger partial charge in [-0.1, -0.05) is 38.3 Å². The number of nitrogens with one attached hydrogen (secondary N) is 1. The number of aryl methyl sites for hydroxylation is 1. The fourth-order valence-corrected chi connectivity index (χ4v) is 6.03. The SMILES string of the molecule is Cc1cc(Br)c(S(=O)(=O)NC2CCCC2Br)cc1Br. The van der Waals surface area contributed by atoms with Crippen LogP contribution in [0.5, 0.6) is 0 Å². The van der Waals surface area contributed by atoms with Crippen LogP contribution in [0, 0.1) is 6.92 Å². The molecule has 0 aliphatic heterocycles. The largest absolute Gasteiger partial charge is 0.242 e. The Morgan fingerprint density at radius 1 is 1.21 bits per heavy atom. The highest BCUT2D eigenvalue weighted by molar-refractivity contribution is 9.11. The summed E-state index contributed by atoms with van der Waals surface area (Å²) in [4.78, 5) is 0.492. The summed E-state index contributed by atoms with van der Waals surface area (Å²) in [7, 11) is -3.50. The highest BCUT2D eigenvalue weighted by Crippen LogP contribution is 2.31. The normalized spacial score (nSPS) is 23.8. The van der Waals surface area contributed by atoms with Crippen LogP contribution in [0.3, 0.4) is 0 Å². The minimum atomic E-state index is -3.50. The van der Waals surface area contributed by atoms with Crippen molar-refractivity contribution in [1.29, 1.82) is 0 Å². The highest BCUT2D eigenvalue weighted by atomic mass is 79.9. The van der Waals surface area contributed by atoms with Gasteiger partial charge in [0.1, 0.15) is 0 Å². The lowest BCUT2D eigenvalue weighted by molar-refractivity contribution is 0.556. The van der Waals surface area contributed by atoms with Crippen LogP contribution in [0.25, 0.3) is 0 Å². The van der Waals surface area contributed by atoms with Crippen LogP contribution < -0.4 is 4.72 Å². The molecule has 2 unspecified atom stereocenters. The first-order chi connectivity index (χ1) is 8.81. The number of rotatable bonds is 3. The average Bonchev–Trinajstić information content (AvgIpc) is 2.69. The Balaban J connectivity index is 2.32. The second kappa shape index (κ2) is 6.13. The Labute approximate surface area is 139 Å². The Bertz CT molecular complexity index is 589. The van der Waals surface area contributed by atoms with E-state index in [9.17, 15) is 8.42 Å². The van der Waals surface area contributed by atoms with Crippen molar-refractivity contribution in [2.45, 2.75) is 42.0 Å². The third-order valence-corrected chi connectivity index (χ3v) is 7.64. The number of hydrogen-bond acceptors (Lipinski definition) is 2. The molecule has 106 valence electrons. The zero-order chi connectivity index (χ0) is 14.2. The topological polar surface area (TPSA) is 46.2 Å². The van der Waals surface area contributed by atoms with Gasteiger partial charge in [-0.2, -0.15) is 0 Å². The molecule has 1 N–H and O–H groups in total. The van der Waals surface area contributed by atoms with Crippen molar-refractivity contribution >= 4 is 57.8 Å². The summed E-state index contributed by atoms with van der Waals surface area (Å²) in [5.74, 6) is 0. The van der Waals surface area contributed by atoms with Crippen molar-refractivity contribution < 1.29 is 8.42 Å². The number of alkyl halides is 1. The van der Waals surface area contributed by atoms with E-state index < -0.39 is 10.0 Å². The number of sulfonamides is 1. The van der Waals surface area contributed by atoms with Gasteiger partial charge in [0.15, 0.2) is 0 Å². The third kappa shape index (κ3) is 3.61. The summed E-state index contributed by atoms with van der Waals surface area (Å²) in [6.45, 7) is 1.92. The maximum absolute atomic E-state index is 12.4. The Morgan fingerprint density at radius 3 is 2.47 bits per heavy atom. The lowest BCUT2D eigenvalue weighted by Gasteiger charge is -2.17. The minimum absolute atomic E-state index is 0.0306. The molecule has 1 aromatic carbocycles. The van der Waals surface area contributed by atoms with Crippen LogP contribution >= 0.6 is 47.8 Å². The van der Waals surface area contributed by atoms with E-state index in [1.54, 1.807) is 12.1 Å². The summed E-state index contributed by atoms with van der Waals surface area (Å²) in [6.07, 6.45) is 2.92. The van der Waals surface area contributed by atoms with E-state index in [4.69, 9.17) is 0 Å². The molecular weight excluding hydrogens is 462 g/mol. The fraction of sp³-hybridized carbons (Fsp3) is 0.500. The van der Waals surface area contributed by atoms with Gasteiger partial charge >= 0.3 is 0 Å². The summed E-state index contributed by atoms with van der Waals surface area (Å²) in [5.41, 5.74) is 0.991. The van der Waals surface area contributed by atoms with Gasteiger partial charge < -0.3 is 0 Å². The molecule has 0 heterocycles. The van der Waals surface area contributed by atoms with Crippen molar-refractivity contribution in [3.05, 3.63) is 26.6 Å². The van der Waals surface area contributed by atoms with E-state index in [2.05, 4.69) is 52.5 Å². The number of benzene rings is 1. The molecule has 0 bridgehead atoms. The summed E-state index contributed by atoms with van der Waals surface area (Å²) >= 11 is 10.2. The van der Waals surface area contributed by atoms with Gasteiger partial charge in [-0.25, -0.2) is 13.1 Å². The zero-order valence-electron chi connectivity index (χ0n) is 10.3. The number of hydrogen-bond donors (Lipinski definition) is 1. The summed E-state index contributed by atoms with van der Waals surface area (Å²) < 4.78 is 29.0. The van der Waals surface area contributed by atoms with Gasteiger partial charge in [-0.3, -0.25) is 0 Å². The van der Waals surface area contributed by atoms with Crippen LogP contribution in [0.1, 0.15) is 24.8 Å². The maximum Gasteiger partial charge on any atom is 0.242 e. The quantitative estimate of drug-likeness (QED) is 0.668. The van der Waals surface area contributed by atoms with Gasteiger partial charge in [0.05, 0.1) is 4.90 Å². The monoisotopic (exact) mass is 473 g/mol. The zero-order valence-corrected chi connectivity index (χ0v) is 15.9. The number of halogens is 3. The van der Waals surface area contributed by atoms with Gasteiger partial charge in [0.2, 0.25) is 10.0 Å². The van der Waals surface area contributed by atoms with E-state index in [-0.39, 0.29) is 15.8 Å². The Kier molecular flexibility index (Phi) is 5.15. The predicted molar refractivity (Wildman–Crippen MR) is 87.3 cm³/mol. The first kappa shape index (κ1) is 15.9. The van der Waals surface area contributed by atoms with Gasteiger partial charge in [-0.05, 0) is 53.4 Å². The smallest absolute Gasteiger partial charge is 0.207 e. The van der Waals surface area contributed by atoms with E-state index in [1.165, 1.54) is 0 Å². The second-order valence-electron chi connectivity index (χ2n) is 4.71. The molecule has 0 amide bonds. The average molecular weight is 476 g/mol. The van der Waals surface area contributed by atoms with Gasteiger partial charge in [0.25, 0.3) is 0 Å². The first-order valence-electron chi connectivity index (χ1n) is 5.93. The van der Waals surface area contributed by atoms with E-state index in [1.807, 2.05) is 6.92 Å². The molecule has 2 rings (SSSR count). The molecule has 7 heteroatoms. The molecular formula is C12H14Br3NO2S. The van der Waals surface area contributed by atoms with E-state index >= 15 is 0 Å². The Morgan fingerprint density at radius 2 is 1.89 bits per heavy atom. The van der Waals surface area contributed by atoms with Crippen LogP contribution in [0.15, 0.2) is 26.0 Å². The summed E-state index contributed by atoms with van der Waals surface area (Å²) in [6, 6.07) is 3.41. The minimum Gasteiger partial charge on any atom is -0.207 e. The standard InChI is InChI=1S/C12H14Br3NO2S/c1-7-5-10(15)12(6-9(7)14)19(17,18)16-11-4-2-3-8(11)13/h5-6,8,11,16H,2-4H2,1H3. The molecule has 1 aromatic rings. The Hall–Kier alpha value is 0.570. The molecule has 19 heavy (non-hydrogen) atoms. The van der Waals surface area contributed by atoms with Crippen LogP contribution in [-0.2, 0) is 10.0 Å². The second-order valence-corrected chi connectivity index (χ2v) is 9.27. The highest BCUT2D eigenvalue weighted by Gasteiger charge is 2.30. The summed E-state index contributed by atoms with van der Waals surface area (Å²) in [5, 5.41) is 0. The van der Waals surface area contributed by atoms with E-state index in [0.29, 0.717) is 4.47 Å². The van der Waals surface area contributed by atoms with Crippen LogP contribution in [-0.4, -0.2) is 19.3 Å². The molecule has 0 radical (unpaired) electrons. The molecule has 0 spiro atoms. The van der Waals surface area contributed by atoms with Crippen molar-refractivity contribution in [2.24, 2.45) is 0 Å². The third-order valence-electron chi connectivity index (χ3n) is 3.24. The van der Waals surface area contributed by atoms with Crippen molar-refractivity contribution in [3.8, 4) is 0 Å². The van der Waals surface area contributed by atoms with Crippen molar-refractivity contribution in [1.82, 2.24) is 4.72 Å². The maximum atomic E-state index is 12.4. The molecule has 3 nitrogen and oxygen atoms in total. The molecule has 2 atom stereocenters. The molecule has 1 aliphatic rings.